The predicted octanol–water partition coefficient (Wildman–Crippen LogP) is 5.34. The van der Waals surface area contributed by atoms with E-state index in [1.54, 1.807) is 48.5 Å². The van der Waals surface area contributed by atoms with Gasteiger partial charge in [-0.15, -0.1) is 0 Å². The van der Waals surface area contributed by atoms with Gasteiger partial charge < -0.3 is 15.0 Å². The summed E-state index contributed by atoms with van der Waals surface area (Å²) in [6.45, 7) is -0.247. The van der Waals surface area contributed by atoms with Crippen molar-refractivity contribution in [3.05, 3.63) is 124 Å². The third kappa shape index (κ3) is 7.55. The lowest BCUT2D eigenvalue weighted by atomic mass is 10.1. The summed E-state index contributed by atoms with van der Waals surface area (Å²) in [5, 5.41) is 3.78. The third-order valence-electron chi connectivity index (χ3n) is 6.96. The molecule has 0 bridgehead atoms. The normalized spacial score (nSPS) is 14.6. The molecule has 2 amide bonds. The standard InChI is InChI=1S/C32H29Cl2N3O5S/c33-25-12-10-24(11-13-25)20-36(43(40,41)27-16-14-26(34)15-17-27)22-31(38)37-21-30(42-29-9-5-4-8-28(29)37)32(39)35-19-18-23-6-2-1-3-7-23/h1-17,30H,18-22H2,(H,35,39)/t30-/m0/s1. The van der Waals surface area contributed by atoms with Crippen LogP contribution in [0.1, 0.15) is 11.1 Å². The van der Waals surface area contributed by atoms with E-state index in [0.29, 0.717) is 40.0 Å². The zero-order valence-electron chi connectivity index (χ0n) is 23.0. The van der Waals surface area contributed by atoms with Crippen LogP contribution in [0.5, 0.6) is 5.75 Å². The number of ether oxygens (including phenoxy) is 1. The van der Waals surface area contributed by atoms with Crippen LogP contribution in [0.15, 0.2) is 108 Å². The van der Waals surface area contributed by atoms with Crippen LogP contribution < -0.4 is 15.0 Å². The number of sulfonamides is 1. The molecule has 4 aromatic carbocycles. The Morgan fingerprint density at radius 2 is 1.47 bits per heavy atom. The maximum absolute atomic E-state index is 13.9. The zero-order valence-corrected chi connectivity index (χ0v) is 25.4. The van der Waals surface area contributed by atoms with Crippen LogP contribution in [0.2, 0.25) is 10.0 Å². The molecule has 0 saturated carbocycles. The molecule has 11 heteroatoms. The van der Waals surface area contributed by atoms with Crippen molar-refractivity contribution in [3.8, 4) is 5.75 Å². The maximum atomic E-state index is 13.9. The number of nitrogens with one attached hydrogen (secondary N) is 1. The third-order valence-corrected chi connectivity index (χ3v) is 9.27. The van der Waals surface area contributed by atoms with Gasteiger partial charge >= 0.3 is 0 Å². The van der Waals surface area contributed by atoms with Gasteiger partial charge in [-0.1, -0.05) is 77.8 Å². The Hall–Kier alpha value is -3.89. The number of fused-ring (bicyclic) bond motifs is 1. The molecule has 8 nitrogen and oxygen atoms in total. The number of rotatable bonds is 10. The molecule has 0 aromatic heterocycles. The number of hydrogen-bond acceptors (Lipinski definition) is 5. The Morgan fingerprint density at radius 3 is 2.16 bits per heavy atom. The Kier molecular flexibility index (Phi) is 9.67. The fraction of sp³-hybridized carbons (Fsp3) is 0.188. The van der Waals surface area contributed by atoms with Crippen molar-refractivity contribution in [2.75, 3.05) is 24.5 Å². The molecule has 1 atom stereocenters. The number of nitrogens with zero attached hydrogens (tertiary/aromatic N) is 2. The molecule has 0 aliphatic carbocycles. The van der Waals surface area contributed by atoms with E-state index in [0.717, 1.165) is 9.87 Å². The maximum Gasteiger partial charge on any atom is 0.262 e. The number of anilines is 1. The van der Waals surface area contributed by atoms with Crippen LogP contribution >= 0.6 is 23.2 Å². The van der Waals surface area contributed by atoms with E-state index < -0.39 is 28.6 Å². The SMILES string of the molecule is O=C(NCCc1ccccc1)[C@@H]1CN(C(=O)CN(Cc2ccc(Cl)cc2)S(=O)(=O)c2ccc(Cl)cc2)c2ccccc2O1. The average Bonchev–Trinajstić information content (AvgIpc) is 3.01. The Morgan fingerprint density at radius 1 is 0.837 bits per heavy atom. The van der Waals surface area contributed by atoms with Crippen molar-refractivity contribution >= 4 is 50.7 Å². The summed E-state index contributed by atoms with van der Waals surface area (Å²) in [7, 11) is -4.12. The van der Waals surface area contributed by atoms with Crippen LogP contribution in [0.4, 0.5) is 5.69 Å². The lowest BCUT2D eigenvalue weighted by Crippen LogP contribution is -2.53. The zero-order chi connectivity index (χ0) is 30.4. The first-order chi connectivity index (χ1) is 20.7. The van der Waals surface area contributed by atoms with Gasteiger partial charge in [-0.2, -0.15) is 4.31 Å². The highest BCUT2D eigenvalue weighted by Crippen LogP contribution is 2.34. The minimum atomic E-state index is -4.12. The molecule has 0 saturated heterocycles. The number of amides is 2. The minimum Gasteiger partial charge on any atom is -0.477 e. The highest BCUT2D eigenvalue weighted by molar-refractivity contribution is 7.89. The second-order valence-corrected chi connectivity index (χ2v) is 12.8. The molecule has 1 N–H and O–H groups in total. The van der Waals surface area contributed by atoms with Crippen molar-refractivity contribution in [2.24, 2.45) is 0 Å². The summed E-state index contributed by atoms with van der Waals surface area (Å²) in [4.78, 5) is 28.4. The van der Waals surface area contributed by atoms with Gasteiger partial charge in [0.1, 0.15) is 5.75 Å². The van der Waals surface area contributed by atoms with Crippen molar-refractivity contribution in [3.63, 3.8) is 0 Å². The molecule has 0 radical (unpaired) electrons. The fourth-order valence-electron chi connectivity index (χ4n) is 4.71. The molecule has 4 aromatic rings. The van der Waals surface area contributed by atoms with Gasteiger partial charge in [-0.05, 0) is 66.1 Å². The van der Waals surface area contributed by atoms with Crippen molar-refractivity contribution in [1.29, 1.82) is 0 Å². The highest BCUT2D eigenvalue weighted by Gasteiger charge is 2.36. The van der Waals surface area contributed by atoms with Gasteiger partial charge in [-0.25, -0.2) is 8.42 Å². The van der Waals surface area contributed by atoms with E-state index in [2.05, 4.69) is 5.32 Å². The van der Waals surface area contributed by atoms with Crippen LogP contribution in [0.3, 0.4) is 0 Å². The molecule has 1 aliphatic heterocycles. The Labute approximate surface area is 260 Å². The summed E-state index contributed by atoms with van der Waals surface area (Å²) >= 11 is 12.0. The quantitative estimate of drug-likeness (QED) is 0.253. The van der Waals surface area contributed by atoms with Crippen LogP contribution in [0, 0.1) is 0 Å². The van der Waals surface area contributed by atoms with Gasteiger partial charge in [0.15, 0.2) is 6.10 Å². The first kappa shape index (κ1) is 30.6. The number of para-hydroxylation sites is 2. The summed E-state index contributed by atoms with van der Waals surface area (Å²) in [5.74, 6) is -0.519. The summed E-state index contributed by atoms with van der Waals surface area (Å²) in [6, 6.07) is 29.1. The topological polar surface area (TPSA) is 96.0 Å². The lowest BCUT2D eigenvalue weighted by Gasteiger charge is -2.35. The van der Waals surface area contributed by atoms with E-state index in [1.165, 1.54) is 29.2 Å². The van der Waals surface area contributed by atoms with Crippen LogP contribution in [-0.4, -0.2) is 50.3 Å². The van der Waals surface area contributed by atoms with Crippen LogP contribution in [-0.2, 0) is 32.6 Å². The molecule has 5 rings (SSSR count). The van der Waals surface area contributed by atoms with Crippen LogP contribution in [0.25, 0.3) is 0 Å². The molecule has 0 fully saturated rings. The molecule has 43 heavy (non-hydrogen) atoms. The predicted molar refractivity (Wildman–Crippen MR) is 167 cm³/mol. The van der Waals surface area contributed by atoms with Gasteiger partial charge in [0.05, 0.1) is 23.7 Å². The van der Waals surface area contributed by atoms with Gasteiger partial charge in [-0.3, -0.25) is 9.59 Å². The fourth-order valence-corrected chi connectivity index (χ4v) is 6.34. The number of carbonyl (C=O) groups excluding carboxylic acids is 2. The second-order valence-electron chi connectivity index (χ2n) is 9.96. The van der Waals surface area contributed by atoms with Crippen molar-refractivity contribution < 1.29 is 22.7 Å². The average molecular weight is 639 g/mol. The van der Waals surface area contributed by atoms with Gasteiger partial charge in [0.25, 0.3) is 5.91 Å². The second kappa shape index (κ2) is 13.6. The van der Waals surface area contributed by atoms with Gasteiger partial charge in [0.2, 0.25) is 15.9 Å². The number of hydrogen-bond donors (Lipinski definition) is 1. The summed E-state index contributed by atoms with van der Waals surface area (Å²) < 4.78 is 34.6. The lowest BCUT2D eigenvalue weighted by molar-refractivity contribution is -0.128. The molecule has 222 valence electrons. The van der Waals surface area contributed by atoms with E-state index in [9.17, 15) is 18.0 Å². The number of benzene rings is 4. The van der Waals surface area contributed by atoms with E-state index in [1.807, 2.05) is 30.3 Å². The first-order valence-corrected chi connectivity index (χ1v) is 15.8. The largest absolute Gasteiger partial charge is 0.477 e. The molecule has 1 heterocycles. The molecular weight excluding hydrogens is 609 g/mol. The number of halogens is 2. The molecule has 0 spiro atoms. The highest BCUT2D eigenvalue weighted by atomic mass is 35.5. The van der Waals surface area contributed by atoms with Gasteiger partial charge in [0, 0.05) is 23.1 Å². The van der Waals surface area contributed by atoms with E-state index in [-0.39, 0.29) is 23.9 Å². The number of carbonyl (C=O) groups is 2. The smallest absolute Gasteiger partial charge is 0.262 e. The van der Waals surface area contributed by atoms with E-state index in [4.69, 9.17) is 27.9 Å². The monoisotopic (exact) mass is 637 g/mol. The molecular formula is C32H29Cl2N3O5S. The summed E-state index contributed by atoms with van der Waals surface area (Å²) in [6.07, 6.45) is -0.340. The Balaban J connectivity index is 1.37. The first-order valence-electron chi connectivity index (χ1n) is 13.6. The molecule has 1 aliphatic rings. The van der Waals surface area contributed by atoms with E-state index >= 15 is 0 Å². The molecule has 0 unspecified atom stereocenters. The minimum absolute atomic E-state index is 0.00304. The summed E-state index contributed by atoms with van der Waals surface area (Å²) in [5.41, 5.74) is 2.18. The Bertz CT molecular complexity index is 1680. The van der Waals surface area contributed by atoms with Crippen molar-refractivity contribution in [1.82, 2.24) is 9.62 Å². The van der Waals surface area contributed by atoms with Crippen molar-refractivity contribution in [2.45, 2.75) is 24.0 Å².